The van der Waals surface area contributed by atoms with Gasteiger partial charge < -0.3 is 19.1 Å². The average Bonchev–Trinajstić information content (AvgIpc) is 3.13. The van der Waals surface area contributed by atoms with Crippen LogP contribution in [0.4, 0.5) is 39.4 Å². The second kappa shape index (κ2) is 8.60. The first-order valence-corrected chi connectivity index (χ1v) is 10.5. The van der Waals surface area contributed by atoms with Gasteiger partial charge in [-0.1, -0.05) is 17.7 Å². The van der Waals surface area contributed by atoms with Crippen molar-refractivity contribution in [3.8, 4) is 0 Å². The summed E-state index contributed by atoms with van der Waals surface area (Å²) in [7, 11) is 3.73. The topological polar surface area (TPSA) is 46.4 Å². The lowest BCUT2D eigenvalue weighted by Crippen LogP contribution is -2.30. The number of ether oxygens (including phenoxy) is 1. The normalized spacial score (nSPS) is 15.3. The van der Waals surface area contributed by atoms with Crippen molar-refractivity contribution in [2.45, 2.75) is 38.8 Å². The second-order valence-electron chi connectivity index (χ2n) is 7.89. The molecule has 6 nitrogen and oxygen atoms in total. The van der Waals surface area contributed by atoms with Crippen LogP contribution in [0.15, 0.2) is 24.3 Å². The minimum atomic E-state index is -5.06. The molecule has 12 heteroatoms. The molecule has 4 rings (SSSR count). The highest BCUT2D eigenvalue weighted by atomic mass is 35.5. The van der Waals surface area contributed by atoms with Crippen LogP contribution in [-0.4, -0.2) is 48.0 Å². The maximum atomic E-state index is 13.7. The standard InChI is InChI=1S/C21H21ClF5N5O/c1-11-14(7-8-15(28-11)30(2)3)31-9-4-10-32-17-12(18(21(25,26)27)33-19(23)24)5-6-13(22)16(17)29-20(31)32/h5-8,18-19H,4,9-10H2,1-3H3. The Hall–Kier alpha value is -2.66. The van der Waals surface area contributed by atoms with E-state index in [1.165, 1.54) is 6.07 Å². The van der Waals surface area contributed by atoms with Gasteiger partial charge in [-0.2, -0.15) is 22.0 Å². The van der Waals surface area contributed by atoms with Crippen LogP contribution in [0.2, 0.25) is 5.02 Å². The van der Waals surface area contributed by atoms with Crippen molar-refractivity contribution in [1.29, 1.82) is 0 Å². The van der Waals surface area contributed by atoms with Crippen molar-refractivity contribution in [3.63, 3.8) is 0 Å². The SMILES string of the molecule is Cc1nc(N(C)C)ccc1N1CCCn2c1nc1c(Cl)ccc(C(OC(F)F)C(F)(F)F)c12. The van der Waals surface area contributed by atoms with E-state index in [-0.39, 0.29) is 16.1 Å². The molecule has 1 atom stereocenters. The van der Waals surface area contributed by atoms with Crippen molar-refractivity contribution >= 4 is 40.1 Å². The summed E-state index contributed by atoms with van der Waals surface area (Å²) >= 11 is 6.27. The number of hydrogen-bond acceptors (Lipinski definition) is 5. The number of hydrogen-bond donors (Lipinski definition) is 0. The molecule has 1 aliphatic rings. The van der Waals surface area contributed by atoms with Gasteiger partial charge in [0.2, 0.25) is 5.95 Å². The van der Waals surface area contributed by atoms with Gasteiger partial charge in [0.05, 0.1) is 21.9 Å². The summed E-state index contributed by atoms with van der Waals surface area (Å²) in [6.45, 7) is -0.877. The molecule has 0 spiro atoms. The van der Waals surface area contributed by atoms with Gasteiger partial charge in [-0.15, -0.1) is 0 Å². The van der Waals surface area contributed by atoms with Crippen LogP contribution in [0.3, 0.4) is 0 Å². The van der Waals surface area contributed by atoms with Gasteiger partial charge in [-0.05, 0) is 31.5 Å². The number of benzene rings is 1. The predicted octanol–water partition coefficient (Wildman–Crippen LogP) is 5.84. The zero-order chi connectivity index (χ0) is 24.1. The summed E-state index contributed by atoms with van der Waals surface area (Å²) in [6.07, 6.45) is -7.29. The molecule has 0 amide bonds. The Morgan fingerprint density at radius 2 is 1.82 bits per heavy atom. The molecule has 1 aliphatic heterocycles. The van der Waals surface area contributed by atoms with Crippen molar-refractivity contribution in [2.75, 3.05) is 30.4 Å². The second-order valence-corrected chi connectivity index (χ2v) is 8.30. The fourth-order valence-corrected chi connectivity index (χ4v) is 4.26. The molecule has 3 heterocycles. The van der Waals surface area contributed by atoms with Gasteiger partial charge >= 0.3 is 12.8 Å². The van der Waals surface area contributed by atoms with E-state index >= 15 is 0 Å². The first-order chi connectivity index (χ1) is 15.5. The molecule has 0 saturated heterocycles. The maximum absolute atomic E-state index is 13.7. The highest BCUT2D eigenvalue weighted by molar-refractivity contribution is 6.35. The monoisotopic (exact) mass is 489 g/mol. The van der Waals surface area contributed by atoms with Crippen LogP contribution in [0.1, 0.15) is 23.8 Å². The molecule has 3 aromatic rings. The number of imidazole rings is 1. The number of halogens is 6. The van der Waals surface area contributed by atoms with Gasteiger partial charge in [0.15, 0.2) is 6.10 Å². The summed E-state index contributed by atoms with van der Waals surface area (Å²) in [5.74, 6) is 1.12. The highest BCUT2D eigenvalue weighted by Crippen LogP contribution is 2.44. The Kier molecular flexibility index (Phi) is 6.12. The lowest BCUT2D eigenvalue weighted by molar-refractivity contribution is -0.276. The van der Waals surface area contributed by atoms with Gasteiger partial charge in [-0.25, -0.2) is 9.97 Å². The Morgan fingerprint density at radius 3 is 2.42 bits per heavy atom. The van der Waals surface area contributed by atoms with E-state index < -0.39 is 24.5 Å². The lowest BCUT2D eigenvalue weighted by Gasteiger charge is -2.31. The highest BCUT2D eigenvalue weighted by Gasteiger charge is 2.45. The van der Waals surface area contributed by atoms with Gasteiger partial charge in [-0.3, -0.25) is 0 Å². The molecule has 0 N–H and O–H groups in total. The number of nitrogens with zero attached hydrogens (tertiary/aromatic N) is 5. The number of rotatable bonds is 5. The number of pyridine rings is 1. The smallest absolute Gasteiger partial charge is 0.363 e. The van der Waals surface area contributed by atoms with Crippen LogP contribution in [-0.2, 0) is 11.3 Å². The molecular weight excluding hydrogens is 469 g/mol. The van der Waals surface area contributed by atoms with E-state index in [9.17, 15) is 22.0 Å². The molecule has 2 aromatic heterocycles. The lowest BCUT2D eigenvalue weighted by atomic mass is 10.1. The summed E-state index contributed by atoms with van der Waals surface area (Å²) < 4.78 is 72.4. The third-order valence-electron chi connectivity index (χ3n) is 5.47. The Balaban J connectivity index is 1.90. The number of aryl methyl sites for hydroxylation is 2. The number of anilines is 3. The molecule has 0 radical (unpaired) electrons. The van der Waals surface area contributed by atoms with Crippen LogP contribution in [0.5, 0.6) is 0 Å². The first kappa shape index (κ1) is 23.5. The van der Waals surface area contributed by atoms with Crippen LogP contribution >= 0.6 is 11.6 Å². The molecule has 0 aliphatic carbocycles. The summed E-state index contributed by atoms with van der Waals surface area (Å²) in [6, 6.07) is 5.98. The van der Waals surface area contributed by atoms with Gasteiger partial charge in [0, 0.05) is 32.7 Å². The minimum absolute atomic E-state index is 0.0284. The van der Waals surface area contributed by atoms with E-state index in [0.717, 1.165) is 17.6 Å². The van der Waals surface area contributed by atoms with E-state index in [2.05, 4.69) is 14.7 Å². The molecule has 0 saturated carbocycles. The van der Waals surface area contributed by atoms with E-state index in [0.29, 0.717) is 31.2 Å². The summed E-state index contributed by atoms with van der Waals surface area (Å²) in [4.78, 5) is 12.8. The molecule has 1 unspecified atom stereocenters. The summed E-state index contributed by atoms with van der Waals surface area (Å²) in [5, 5.41) is 0.117. The molecule has 33 heavy (non-hydrogen) atoms. The third kappa shape index (κ3) is 4.31. The zero-order valence-corrected chi connectivity index (χ0v) is 18.8. The Bertz CT molecular complexity index is 1180. The molecule has 178 valence electrons. The molecular formula is C21H21ClF5N5O. The largest absolute Gasteiger partial charge is 0.419 e. The summed E-state index contributed by atoms with van der Waals surface area (Å²) in [5.41, 5.74) is 1.12. The van der Waals surface area contributed by atoms with Gasteiger partial charge in [0.25, 0.3) is 0 Å². The van der Waals surface area contributed by atoms with E-state index in [1.807, 2.05) is 43.0 Å². The van der Waals surface area contributed by atoms with Crippen molar-refractivity contribution < 1.29 is 26.7 Å². The Morgan fingerprint density at radius 1 is 1.09 bits per heavy atom. The maximum Gasteiger partial charge on any atom is 0.419 e. The molecule has 1 aromatic carbocycles. The third-order valence-corrected chi connectivity index (χ3v) is 5.78. The van der Waals surface area contributed by atoms with Crippen LogP contribution in [0.25, 0.3) is 11.0 Å². The zero-order valence-electron chi connectivity index (χ0n) is 18.0. The van der Waals surface area contributed by atoms with E-state index in [4.69, 9.17) is 11.6 Å². The fourth-order valence-electron chi connectivity index (χ4n) is 4.07. The first-order valence-electron chi connectivity index (χ1n) is 10.1. The van der Waals surface area contributed by atoms with Crippen LogP contribution in [0, 0.1) is 6.92 Å². The minimum Gasteiger partial charge on any atom is -0.363 e. The van der Waals surface area contributed by atoms with E-state index in [1.54, 1.807) is 4.57 Å². The number of fused-ring (bicyclic) bond motifs is 3. The Labute approximate surface area is 191 Å². The number of alkyl halides is 5. The van der Waals surface area contributed by atoms with Crippen LogP contribution < -0.4 is 9.80 Å². The van der Waals surface area contributed by atoms with Crippen molar-refractivity contribution in [2.24, 2.45) is 0 Å². The van der Waals surface area contributed by atoms with Crippen molar-refractivity contribution in [1.82, 2.24) is 14.5 Å². The fraction of sp³-hybridized carbons (Fsp3) is 0.429. The predicted molar refractivity (Wildman–Crippen MR) is 116 cm³/mol. The van der Waals surface area contributed by atoms with Crippen molar-refractivity contribution in [3.05, 3.63) is 40.5 Å². The van der Waals surface area contributed by atoms with Gasteiger partial charge in [0.1, 0.15) is 11.3 Å². The average molecular weight is 490 g/mol. The molecule has 0 fully saturated rings. The number of aromatic nitrogens is 3. The molecule has 0 bridgehead atoms. The quantitative estimate of drug-likeness (QED) is 0.421.